The molecule has 3 atom stereocenters. The Morgan fingerprint density at radius 3 is 2.46 bits per heavy atom. The zero-order valence-electron chi connectivity index (χ0n) is 15.7. The summed E-state index contributed by atoms with van der Waals surface area (Å²) in [7, 11) is 0. The van der Waals surface area contributed by atoms with Crippen LogP contribution in [0.5, 0.6) is 0 Å². The smallest absolute Gasteiger partial charge is 0.178 e. The number of carbonyl (C=O) groups is 1. The number of aryl methyl sites for hydroxylation is 1. The van der Waals surface area contributed by atoms with Crippen molar-refractivity contribution in [2.45, 2.75) is 51.3 Å². The molecule has 0 aliphatic carbocycles. The summed E-state index contributed by atoms with van der Waals surface area (Å²) in [6.07, 6.45) is 2.24. The van der Waals surface area contributed by atoms with Crippen LogP contribution in [0, 0.1) is 36.8 Å². The topological polar surface area (TPSA) is 69.3 Å². The summed E-state index contributed by atoms with van der Waals surface area (Å²) in [4.78, 5) is 15.0. The van der Waals surface area contributed by atoms with Gasteiger partial charge in [0.2, 0.25) is 0 Å². The normalized spacial score (nSPS) is 23.9. The first-order valence-electron chi connectivity index (χ1n) is 9.37. The Morgan fingerprint density at radius 1 is 1.25 bits per heavy atom. The molecule has 4 rings (SSSR count). The molecule has 1 aromatic carbocycles. The number of nitrogens with zero attached hydrogens (tertiary/aromatic N) is 3. The zero-order chi connectivity index (χ0) is 20.2. The van der Waals surface area contributed by atoms with Crippen LogP contribution in [-0.4, -0.2) is 45.1 Å². The predicted octanol–water partition coefficient (Wildman–Crippen LogP) is 3.02. The van der Waals surface area contributed by atoms with Crippen LogP contribution in [0.3, 0.4) is 0 Å². The molecule has 146 valence electrons. The Hall–Kier alpha value is -2.56. The van der Waals surface area contributed by atoms with Gasteiger partial charge in [-0.1, -0.05) is 0 Å². The highest BCUT2D eigenvalue weighted by atomic mass is 19.1. The molecule has 0 amide bonds. The van der Waals surface area contributed by atoms with Gasteiger partial charge in [-0.25, -0.2) is 8.78 Å². The molecule has 0 radical (unpaired) electrons. The molecule has 1 N–H and O–H groups in total. The van der Waals surface area contributed by atoms with Crippen LogP contribution in [0.2, 0.25) is 0 Å². The van der Waals surface area contributed by atoms with E-state index < -0.39 is 17.2 Å². The number of aliphatic hydroxyl groups excluding tert-OH is 1. The van der Waals surface area contributed by atoms with Gasteiger partial charge in [0.05, 0.1) is 18.3 Å². The van der Waals surface area contributed by atoms with Crippen molar-refractivity contribution in [3.8, 4) is 11.8 Å². The molecule has 2 aliphatic rings. The first-order chi connectivity index (χ1) is 13.3. The maximum atomic E-state index is 14.1. The molecular formula is C21H21F2N3O2. The summed E-state index contributed by atoms with van der Waals surface area (Å²) >= 11 is 0. The van der Waals surface area contributed by atoms with E-state index in [-0.39, 0.29) is 36.2 Å². The quantitative estimate of drug-likeness (QED) is 0.822. The number of ketones is 1. The number of aromatic nitrogens is 1. The van der Waals surface area contributed by atoms with Crippen LogP contribution in [0.4, 0.5) is 8.78 Å². The van der Waals surface area contributed by atoms with Gasteiger partial charge in [-0.3, -0.25) is 9.69 Å². The van der Waals surface area contributed by atoms with E-state index in [9.17, 15) is 18.7 Å². The molecule has 2 unspecified atom stereocenters. The summed E-state index contributed by atoms with van der Waals surface area (Å²) < 4.78 is 29.7. The molecule has 2 fully saturated rings. The second-order valence-electron chi connectivity index (χ2n) is 7.71. The lowest BCUT2D eigenvalue weighted by molar-refractivity contribution is 0.0873. The van der Waals surface area contributed by atoms with Crippen molar-refractivity contribution in [1.29, 1.82) is 5.26 Å². The second-order valence-corrected chi connectivity index (χ2v) is 7.71. The first-order valence-corrected chi connectivity index (χ1v) is 9.37. The minimum atomic E-state index is -0.930. The molecular weight excluding hydrogens is 364 g/mol. The largest absolute Gasteiger partial charge is 0.391 e. The average molecular weight is 385 g/mol. The Kier molecular flexibility index (Phi) is 4.56. The number of rotatable bonds is 4. The van der Waals surface area contributed by atoms with Crippen LogP contribution in [0.1, 0.15) is 46.6 Å². The molecule has 2 aromatic rings. The third-order valence-electron chi connectivity index (χ3n) is 6.10. The second kappa shape index (κ2) is 6.80. The number of aliphatic hydroxyl groups is 1. The number of hydrogen-bond donors (Lipinski definition) is 1. The number of fused-ring (bicyclic) bond motifs is 2. The van der Waals surface area contributed by atoms with E-state index in [2.05, 4.69) is 4.90 Å². The highest BCUT2D eigenvalue weighted by molar-refractivity contribution is 5.99. The van der Waals surface area contributed by atoms with Crippen molar-refractivity contribution < 1.29 is 18.7 Å². The molecule has 2 saturated heterocycles. The predicted molar refractivity (Wildman–Crippen MR) is 98.3 cm³/mol. The summed E-state index contributed by atoms with van der Waals surface area (Å²) in [6.45, 7) is 3.73. The maximum absolute atomic E-state index is 14.1. The number of hydrogen-bond acceptors (Lipinski definition) is 4. The van der Waals surface area contributed by atoms with Gasteiger partial charge in [0.25, 0.3) is 0 Å². The SMILES string of the molecule is Cc1cc(C(=O)CN2C3CCC2[C@H](O)C3)c(C)n1-c1cc(F)c(C#N)c(F)c1. The van der Waals surface area contributed by atoms with E-state index in [0.717, 1.165) is 25.0 Å². The Bertz CT molecular complexity index is 985. The van der Waals surface area contributed by atoms with Crippen molar-refractivity contribution >= 4 is 5.78 Å². The standard InChI is InChI=1S/C21H21F2N3O2/c1-11-5-15(21(28)10-25-13-3-4-19(25)20(27)8-13)12(2)26(11)14-6-17(22)16(9-24)18(23)7-14/h5-7,13,19-20,27H,3-4,8,10H2,1-2H3/t13?,19?,20-/m1/s1. The molecule has 5 nitrogen and oxygen atoms in total. The van der Waals surface area contributed by atoms with Crippen molar-refractivity contribution in [3.63, 3.8) is 0 Å². The number of Topliss-reactive ketones (excluding diaryl/α,β-unsaturated/α-hetero) is 1. The van der Waals surface area contributed by atoms with Gasteiger partial charge < -0.3 is 9.67 Å². The first kappa shape index (κ1) is 18.8. The van der Waals surface area contributed by atoms with Gasteiger partial charge in [0.1, 0.15) is 23.3 Å². The molecule has 1 aromatic heterocycles. The minimum absolute atomic E-state index is 0.0409. The van der Waals surface area contributed by atoms with Crippen LogP contribution < -0.4 is 0 Å². The van der Waals surface area contributed by atoms with Crippen molar-refractivity contribution in [1.82, 2.24) is 9.47 Å². The third kappa shape index (κ3) is 2.84. The molecule has 0 saturated carbocycles. The van der Waals surface area contributed by atoms with Crippen molar-refractivity contribution in [3.05, 3.63) is 52.3 Å². The van der Waals surface area contributed by atoms with Crippen LogP contribution in [0.15, 0.2) is 18.2 Å². The summed E-state index contributed by atoms with van der Waals surface area (Å²) in [5.74, 6) is -1.93. The van der Waals surface area contributed by atoms with Gasteiger partial charge in [-0.2, -0.15) is 5.26 Å². The number of benzene rings is 1. The number of carbonyl (C=O) groups excluding carboxylic acids is 1. The van der Waals surface area contributed by atoms with Crippen molar-refractivity contribution in [2.75, 3.05) is 6.54 Å². The molecule has 3 heterocycles. The number of halogens is 2. The average Bonchev–Trinajstić information content (AvgIpc) is 3.24. The van der Waals surface area contributed by atoms with Gasteiger partial charge in [-0.05, 0) is 51.3 Å². The van der Waals surface area contributed by atoms with Gasteiger partial charge in [0.15, 0.2) is 5.78 Å². The molecule has 28 heavy (non-hydrogen) atoms. The lowest BCUT2D eigenvalue weighted by atomic mass is 9.98. The Labute approximate surface area is 161 Å². The summed E-state index contributed by atoms with van der Waals surface area (Å²) in [5.41, 5.74) is 1.39. The summed E-state index contributed by atoms with van der Waals surface area (Å²) in [6, 6.07) is 5.73. The fourth-order valence-corrected chi connectivity index (χ4v) is 4.80. The monoisotopic (exact) mass is 385 g/mol. The lowest BCUT2D eigenvalue weighted by Gasteiger charge is -2.21. The fourth-order valence-electron chi connectivity index (χ4n) is 4.80. The molecule has 0 spiro atoms. The van der Waals surface area contributed by atoms with Crippen LogP contribution in [0.25, 0.3) is 5.69 Å². The van der Waals surface area contributed by atoms with Crippen LogP contribution in [-0.2, 0) is 0 Å². The van der Waals surface area contributed by atoms with E-state index in [1.54, 1.807) is 24.5 Å². The third-order valence-corrected chi connectivity index (χ3v) is 6.10. The highest BCUT2D eigenvalue weighted by Gasteiger charge is 2.46. The van der Waals surface area contributed by atoms with Gasteiger partial charge in [-0.15, -0.1) is 0 Å². The summed E-state index contributed by atoms with van der Waals surface area (Å²) in [5, 5.41) is 18.9. The molecule has 2 bridgehead atoms. The Morgan fingerprint density at radius 2 is 1.93 bits per heavy atom. The van der Waals surface area contributed by atoms with Gasteiger partial charge >= 0.3 is 0 Å². The molecule has 2 aliphatic heterocycles. The fraction of sp³-hybridized carbons (Fsp3) is 0.429. The molecule has 7 heteroatoms. The Balaban J connectivity index is 1.65. The number of nitriles is 1. The maximum Gasteiger partial charge on any atom is 0.178 e. The van der Waals surface area contributed by atoms with E-state index in [0.29, 0.717) is 23.4 Å². The van der Waals surface area contributed by atoms with Gasteiger partial charge in [0, 0.05) is 29.0 Å². The lowest BCUT2D eigenvalue weighted by Crippen LogP contribution is -2.36. The zero-order valence-corrected chi connectivity index (χ0v) is 15.7. The highest BCUT2D eigenvalue weighted by Crippen LogP contribution is 2.37. The van der Waals surface area contributed by atoms with Crippen LogP contribution >= 0.6 is 0 Å². The van der Waals surface area contributed by atoms with E-state index >= 15 is 0 Å². The van der Waals surface area contributed by atoms with E-state index in [1.807, 2.05) is 0 Å². The van der Waals surface area contributed by atoms with E-state index in [1.165, 1.54) is 6.07 Å². The van der Waals surface area contributed by atoms with E-state index in [4.69, 9.17) is 5.26 Å². The minimum Gasteiger partial charge on any atom is -0.391 e. The van der Waals surface area contributed by atoms with Crippen molar-refractivity contribution in [2.24, 2.45) is 0 Å².